The molecule has 1 aromatic rings. The molecule has 0 aromatic heterocycles. The van der Waals surface area contributed by atoms with E-state index in [-0.39, 0.29) is 0 Å². The highest BCUT2D eigenvalue weighted by Crippen LogP contribution is 2.20. The van der Waals surface area contributed by atoms with Crippen LogP contribution in [0.4, 0.5) is 0 Å². The van der Waals surface area contributed by atoms with Crippen LogP contribution in [0.3, 0.4) is 0 Å². The Morgan fingerprint density at radius 2 is 2.15 bits per heavy atom. The van der Waals surface area contributed by atoms with Crippen molar-refractivity contribution in [2.45, 2.75) is 13.2 Å². The van der Waals surface area contributed by atoms with Gasteiger partial charge in [0, 0.05) is 5.56 Å². The summed E-state index contributed by atoms with van der Waals surface area (Å²) in [5.41, 5.74) is 3.54. The molecule has 0 saturated carbocycles. The zero-order valence-electron chi connectivity index (χ0n) is 7.14. The topological polar surface area (TPSA) is 9.23 Å². The average Bonchev–Trinajstić information content (AvgIpc) is 2.61. The second-order valence-electron chi connectivity index (χ2n) is 2.91. The zero-order valence-corrected chi connectivity index (χ0v) is 7.90. The van der Waals surface area contributed by atoms with Crippen LogP contribution in [-0.2, 0) is 18.0 Å². The van der Waals surface area contributed by atoms with E-state index in [2.05, 4.69) is 24.0 Å². The van der Waals surface area contributed by atoms with Gasteiger partial charge < -0.3 is 4.74 Å². The lowest BCUT2D eigenvalue weighted by Crippen LogP contribution is -1.83. The van der Waals surface area contributed by atoms with Crippen LogP contribution < -0.4 is 0 Å². The number of fused-ring (bicyclic) bond motifs is 1. The molecule has 2 heteroatoms. The lowest BCUT2D eigenvalue weighted by Gasteiger charge is -1.96. The summed E-state index contributed by atoms with van der Waals surface area (Å²) < 4.78 is 5.30. The standard InChI is InChI=1S/C11H9ClO/c12-5-1-2-9-3-4-10-7-13-8-11(10)6-9/h3-4,6H,5,7-8H2. The number of hydrogen-bond donors (Lipinski definition) is 0. The molecule has 1 heterocycles. The Kier molecular flexibility index (Phi) is 2.54. The summed E-state index contributed by atoms with van der Waals surface area (Å²) in [7, 11) is 0. The molecule has 0 bridgehead atoms. The predicted molar refractivity (Wildman–Crippen MR) is 52.5 cm³/mol. The highest BCUT2D eigenvalue weighted by atomic mass is 35.5. The Morgan fingerprint density at radius 1 is 1.31 bits per heavy atom. The van der Waals surface area contributed by atoms with E-state index in [1.165, 1.54) is 11.1 Å². The Labute approximate surface area is 82.7 Å². The summed E-state index contributed by atoms with van der Waals surface area (Å²) in [6, 6.07) is 6.15. The van der Waals surface area contributed by atoms with E-state index >= 15 is 0 Å². The molecule has 13 heavy (non-hydrogen) atoms. The number of halogens is 1. The molecule has 1 aliphatic rings. The van der Waals surface area contributed by atoms with Crippen molar-refractivity contribution in [1.82, 2.24) is 0 Å². The van der Waals surface area contributed by atoms with Crippen LogP contribution in [0.2, 0.25) is 0 Å². The molecule has 66 valence electrons. The van der Waals surface area contributed by atoms with Gasteiger partial charge in [0.25, 0.3) is 0 Å². The molecule has 0 radical (unpaired) electrons. The molecule has 0 N–H and O–H groups in total. The third-order valence-electron chi connectivity index (χ3n) is 2.02. The van der Waals surface area contributed by atoms with Gasteiger partial charge >= 0.3 is 0 Å². The molecular formula is C11H9ClO. The van der Waals surface area contributed by atoms with E-state index in [9.17, 15) is 0 Å². The van der Waals surface area contributed by atoms with Crippen molar-refractivity contribution in [3.63, 3.8) is 0 Å². The Morgan fingerprint density at radius 3 is 3.00 bits per heavy atom. The SMILES string of the molecule is ClCC#Cc1ccc2c(c1)COC2. The third kappa shape index (κ3) is 1.85. The van der Waals surface area contributed by atoms with Gasteiger partial charge in [0.05, 0.1) is 19.1 Å². The van der Waals surface area contributed by atoms with Gasteiger partial charge in [-0.3, -0.25) is 0 Å². The minimum Gasteiger partial charge on any atom is -0.372 e. The van der Waals surface area contributed by atoms with Gasteiger partial charge in [0.1, 0.15) is 0 Å². The summed E-state index contributed by atoms with van der Waals surface area (Å²) in [5, 5.41) is 0. The summed E-state index contributed by atoms with van der Waals surface area (Å²) in [4.78, 5) is 0. The number of alkyl halides is 1. The molecule has 0 atom stereocenters. The molecule has 0 fully saturated rings. The highest BCUT2D eigenvalue weighted by Gasteiger charge is 2.09. The van der Waals surface area contributed by atoms with Crippen molar-refractivity contribution in [3.05, 3.63) is 34.9 Å². The van der Waals surface area contributed by atoms with Crippen LogP contribution in [0.25, 0.3) is 0 Å². The van der Waals surface area contributed by atoms with Gasteiger partial charge in [-0.2, -0.15) is 0 Å². The van der Waals surface area contributed by atoms with Gasteiger partial charge in [-0.25, -0.2) is 0 Å². The fourth-order valence-electron chi connectivity index (χ4n) is 1.39. The van der Waals surface area contributed by atoms with E-state index in [0.717, 1.165) is 12.2 Å². The van der Waals surface area contributed by atoms with Crippen LogP contribution >= 0.6 is 11.6 Å². The minimum absolute atomic E-state index is 0.383. The van der Waals surface area contributed by atoms with Crippen molar-refractivity contribution < 1.29 is 4.74 Å². The maximum atomic E-state index is 5.47. The quantitative estimate of drug-likeness (QED) is 0.453. The smallest absolute Gasteiger partial charge is 0.0839 e. The van der Waals surface area contributed by atoms with Crippen molar-refractivity contribution in [1.29, 1.82) is 0 Å². The molecule has 0 amide bonds. The fourth-order valence-corrected chi connectivity index (χ4v) is 1.45. The zero-order chi connectivity index (χ0) is 9.10. The Bertz CT molecular complexity index is 373. The molecule has 0 saturated heterocycles. The van der Waals surface area contributed by atoms with Gasteiger partial charge in [0.15, 0.2) is 0 Å². The maximum absolute atomic E-state index is 5.47. The van der Waals surface area contributed by atoms with Gasteiger partial charge in [0.2, 0.25) is 0 Å². The first-order valence-electron chi connectivity index (χ1n) is 4.14. The Balaban J connectivity index is 2.31. The lowest BCUT2D eigenvalue weighted by molar-refractivity contribution is 0.134. The van der Waals surface area contributed by atoms with E-state index in [1.54, 1.807) is 0 Å². The normalized spacial score (nSPS) is 13.3. The van der Waals surface area contributed by atoms with Crippen LogP contribution in [0.5, 0.6) is 0 Å². The van der Waals surface area contributed by atoms with Gasteiger partial charge in [-0.1, -0.05) is 17.9 Å². The van der Waals surface area contributed by atoms with E-state index in [1.807, 2.05) is 6.07 Å². The molecule has 0 spiro atoms. The predicted octanol–water partition coefficient (Wildman–Crippen LogP) is 2.31. The van der Waals surface area contributed by atoms with Crippen LogP contribution in [0, 0.1) is 11.8 Å². The maximum Gasteiger partial charge on any atom is 0.0839 e. The second kappa shape index (κ2) is 3.83. The number of benzene rings is 1. The molecule has 0 aliphatic carbocycles. The minimum atomic E-state index is 0.383. The summed E-state index contributed by atoms with van der Waals surface area (Å²) >= 11 is 5.47. The van der Waals surface area contributed by atoms with E-state index in [0.29, 0.717) is 12.5 Å². The Hall–Kier alpha value is -0.970. The number of hydrogen-bond acceptors (Lipinski definition) is 1. The summed E-state index contributed by atoms with van der Waals surface area (Å²) in [5.74, 6) is 6.20. The van der Waals surface area contributed by atoms with Crippen molar-refractivity contribution in [2.24, 2.45) is 0 Å². The summed E-state index contributed by atoms with van der Waals surface area (Å²) in [6.45, 7) is 1.45. The first-order valence-corrected chi connectivity index (χ1v) is 4.68. The highest BCUT2D eigenvalue weighted by molar-refractivity contribution is 6.19. The molecule has 1 aliphatic heterocycles. The van der Waals surface area contributed by atoms with Crippen molar-refractivity contribution in [3.8, 4) is 11.8 Å². The number of rotatable bonds is 0. The molecule has 1 aromatic carbocycles. The monoisotopic (exact) mass is 192 g/mol. The molecule has 2 rings (SSSR count). The third-order valence-corrected chi connectivity index (χ3v) is 2.15. The molecule has 1 nitrogen and oxygen atoms in total. The molecule has 0 unspecified atom stereocenters. The van der Waals surface area contributed by atoms with E-state index in [4.69, 9.17) is 16.3 Å². The number of ether oxygens (including phenoxy) is 1. The first kappa shape index (κ1) is 8.62. The van der Waals surface area contributed by atoms with Crippen molar-refractivity contribution >= 4 is 11.6 Å². The van der Waals surface area contributed by atoms with Crippen LogP contribution in [0.15, 0.2) is 18.2 Å². The van der Waals surface area contributed by atoms with Gasteiger partial charge in [-0.05, 0) is 23.3 Å². The molecular weight excluding hydrogens is 184 g/mol. The second-order valence-corrected chi connectivity index (χ2v) is 3.18. The van der Waals surface area contributed by atoms with Crippen molar-refractivity contribution in [2.75, 3.05) is 5.88 Å². The van der Waals surface area contributed by atoms with Crippen LogP contribution in [0.1, 0.15) is 16.7 Å². The lowest BCUT2D eigenvalue weighted by atomic mass is 10.1. The van der Waals surface area contributed by atoms with Crippen LogP contribution in [-0.4, -0.2) is 5.88 Å². The average molecular weight is 193 g/mol. The van der Waals surface area contributed by atoms with E-state index < -0.39 is 0 Å². The first-order chi connectivity index (χ1) is 6.40. The largest absolute Gasteiger partial charge is 0.372 e. The van der Waals surface area contributed by atoms with Gasteiger partial charge in [-0.15, -0.1) is 11.6 Å². The fraction of sp³-hybridized carbons (Fsp3) is 0.273. The summed E-state index contributed by atoms with van der Waals surface area (Å²) in [6.07, 6.45) is 0.